The third-order valence-corrected chi connectivity index (χ3v) is 15.3. The van der Waals surface area contributed by atoms with E-state index in [1.54, 1.807) is 21.0 Å². The van der Waals surface area contributed by atoms with E-state index in [1.807, 2.05) is 51.1 Å². The summed E-state index contributed by atoms with van der Waals surface area (Å²) in [5.74, 6) is -1.19. The van der Waals surface area contributed by atoms with Gasteiger partial charge in [0.05, 0.1) is 29.6 Å². The minimum atomic E-state index is -4.01. The number of allylic oxidation sites excluding steroid dienone is 1. The van der Waals surface area contributed by atoms with Crippen molar-refractivity contribution in [1.82, 2.24) is 24.8 Å². The van der Waals surface area contributed by atoms with Gasteiger partial charge in [0.25, 0.3) is 5.91 Å². The molecule has 3 aliphatic heterocycles. The Bertz CT molecular complexity index is 2080. The van der Waals surface area contributed by atoms with Crippen LogP contribution in [0.25, 0.3) is 10.9 Å². The summed E-state index contributed by atoms with van der Waals surface area (Å²) in [6.07, 6.45) is 7.82. The highest BCUT2D eigenvalue weighted by Crippen LogP contribution is 2.49. The molecule has 1 saturated heterocycles. The van der Waals surface area contributed by atoms with Crippen molar-refractivity contribution < 1.29 is 42.2 Å². The van der Waals surface area contributed by atoms with E-state index in [0.717, 1.165) is 29.3 Å². The number of nitrogens with zero attached hydrogens (tertiary/aromatic N) is 3. The maximum absolute atomic E-state index is 15.1. The van der Waals surface area contributed by atoms with E-state index in [-0.39, 0.29) is 31.7 Å². The Morgan fingerprint density at radius 3 is 2.55 bits per heavy atom. The number of fused-ring (bicyclic) bond motifs is 5. The summed E-state index contributed by atoms with van der Waals surface area (Å²) in [6, 6.07) is 2.97. The van der Waals surface area contributed by atoms with Gasteiger partial charge in [-0.2, -0.15) is 0 Å². The predicted molar refractivity (Wildman–Crippen MR) is 209 cm³/mol. The fraction of sp³-hybridized carbons (Fsp3) is 0.634. The average Bonchev–Trinajstić information content (AvgIpc) is 4.04. The van der Waals surface area contributed by atoms with Gasteiger partial charge in [0.15, 0.2) is 0 Å². The lowest BCUT2D eigenvalue weighted by atomic mass is 9.87. The Balaban J connectivity index is 1.28. The molecule has 0 radical (unpaired) electrons. The summed E-state index contributed by atoms with van der Waals surface area (Å²) in [5, 5.41) is 14.4. The number of pyridine rings is 1. The number of amides is 4. The average molecular weight is 794 g/mol. The van der Waals surface area contributed by atoms with Gasteiger partial charge in [-0.3, -0.25) is 24.0 Å². The number of methoxy groups -OCH3 is 1. The van der Waals surface area contributed by atoms with Gasteiger partial charge in [-0.25, -0.2) is 18.2 Å². The van der Waals surface area contributed by atoms with Crippen molar-refractivity contribution in [2.75, 3.05) is 13.7 Å². The molecule has 2 aliphatic carbocycles. The van der Waals surface area contributed by atoms with Crippen molar-refractivity contribution in [3.8, 4) is 11.5 Å². The molecule has 56 heavy (non-hydrogen) atoms. The van der Waals surface area contributed by atoms with Crippen LogP contribution in [-0.4, -0.2) is 99.8 Å². The highest BCUT2D eigenvalue weighted by molar-refractivity contribution is 7.91. The van der Waals surface area contributed by atoms with Gasteiger partial charge in [-0.1, -0.05) is 38.8 Å². The van der Waals surface area contributed by atoms with Crippen LogP contribution in [-0.2, 0) is 30.8 Å². The molecule has 0 bridgehead atoms. The zero-order chi connectivity index (χ0) is 40.4. The molecule has 4 amide bonds. The van der Waals surface area contributed by atoms with Crippen LogP contribution in [0.1, 0.15) is 103 Å². The lowest BCUT2D eigenvalue weighted by molar-refractivity contribution is -0.144. The van der Waals surface area contributed by atoms with Crippen molar-refractivity contribution in [1.29, 1.82) is 0 Å². The molecule has 4 heterocycles. The molecule has 5 aliphatic rings. The number of ether oxygens (including phenoxy) is 2. The lowest BCUT2D eigenvalue weighted by Crippen LogP contribution is -2.60. The second-order valence-corrected chi connectivity index (χ2v) is 19.5. The first kappa shape index (κ1) is 39.8. The Morgan fingerprint density at radius 1 is 1.12 bits per heavy atom. The van der Waals surface area contributed by atoms with Crippen LogP contribution < -0.4 is 19.5 Å². The van der Waals surface area contributed by atoms with Crippen molar-refractivity contribution in [3.63, 3.8) is 0 Å². The van der Waals surface area contributed by atoms with Crippen LogP contribution in [0.4, 0.5) is 4.79 Å². The molecule has 6 atom stereocenters. The molecular weight excluding hydrogens is 739 g/mol. The number of aromatic nitrogens is 1. The van der Waals surface area contributed by atoms with E-state index in [9.17, 15) is 27.9 Å². The molecule has 1 aromatic heterocycles. The van der Waals surface area contributed by atoms with Crippen LogP contribution in [0.5, 0.6) is 11.5 Å². The zero-order valence-corrected chi connectivity index (χ0v) is 34.0. The number of sulfonamides is 1. The lowest BCUT2D eigenvalue weighted by Gasteiger charge is -2.39. The van der Waals surface area contributed by atoms with Crippen molar-refractivity contribution in [2.45, 2.75) is 139 Å². The number of rotatable bonds is 7. The Kier molecular flexibility index (Phi) is 10.3. The van der Waals surface area contributed by atoms with Crippen LogP contribution in [0, 0.1) is 18.8 Å². The molecule has 7 rings (SSSR count). The largest absolute Gasteiger partial charge is 0.497 e. The number of hydrogen-bond acceptors (Lipinski definition) is 9. The number of carboxylic acid groups (broad SMARTS) is 1. The molecule has 3 fully saturated rings. The molecule has 15 heteroatoms. The normalized spacial score (nSPS) is 29.8. The maximum Gasteiger partial charge on any atom is 0.408 e. The second-order valence-electron chi connectivity index (χ2n) is 17.3. The highest BCUT2D eigenvalue weighted by Gasteiger charge is 2.64. The summed E-state index contributed by atoms with van der Waals surface area (Å²) >= 11 is 0. The number of benzene rings is 1. The van der Waals surface area contributed by atoms with E-state index in [1.165, 1.54) is 9.80 Å². The van der Waals surface area contributed by atoms with E-state index in [2.05, 4.69) is 10.0 Å². The van der Waals surface area contributed by atoms with Gasteiger partial charge in [-0.15, -0.1) is 0 Å². The summed E-state index contributed by atoms with van der Waals surface area (Å²) in [4.78, 5) is 64.3. The minimum absolute atomic E-state index is 0.00816. The van der Waals surface area contributed by atoms with E-state index in [0.29, 0.717) is 55.7 Å². The SMILES string of the molecule is COc1ccc2nc(C)c3c(c2c1)CC[C@]1(C[C@H]2C(=O)N[C@]4(C(=O)NS(=O)(=O)C5(C)CC5)C[C@H]4/C=C\CCCCC[C@H](N(C(=O)O)[C@@H](C)C(C)C)C(=O)N2C1)O3. The van der Waals surface area contributed by atoms with Crippen LogP contribution in [0.3, 0.4) is 0 Å². The van der Waals surface area contributed by atoms with E-state index in [4.69, 9.17) is 14.5 Å². The third-order valence-electron chi connectivity index (χ3n) is 13.1. The fourth-order valence-electron chi connectivity index (χ4n) is 8.81. The quantitative estimate of drug-likeness (QED) is 0.323. The van der Waals surface area contributed by atoms with E-state index >= 15 is 4.79 Å². The standard InChI is InChI=1S/C41H55N5O9S/c1-24(2)26(4)46(38(50)51)32-13-11-9-7-8-10-12-27-21-41(27,37(49)44-56(52,53)39(5)18-19-39)43-35(47)33-22-40(23-45(33)36(32)48)17-16-29-30-20-28(54-6)14-15-31(30)42-25(3)34(29)55-40/h10,12,14-15,20,24,26-27,32-33H,7-9,11,13,16-19,21-23H2,1-6H3,(H,43,47)(H,44,49)(H,50,51)/b12-10-/t26-,27+,32-,33-,40+,41+/m0/s1. The smallest absolute Gasteiger partial charge is 0.408 e. The zero-order valence-electron chi connectivity index (χ0n) is 33.2. The Morgan fingerprint density at radius 2 is 1.88 bits per heavy atom. The number of aryl methyl sites for hydroxylation is 2. The first-order valence-corrected chi connectivity index (χ1v) is 21.5. The van der Waals surface area contributed by atoms with E-state index < -0.39 is 73.8 Å². The van der Waals surface area contributed by atoms with Crippen molar-refractivity contribution >= 4 is 44.7 Å². The first-order chi connectivity index (χ1) is 26.4. The first-order valence-electron chi connectivity index (χ1n) is 20.0. The molecule has 1 aromatic carbocycles. The summed E-state index contributed by atoms with van der Waals surface area (Å²) in [7, 11) is -2.41. The van der Waals surface area contributed by atoms with Gasteiger partial charge >= 0.3 is 6.09 Å². The molecule has 1 spiro atoms. The molecular formula is C41H55N5O9S. The maximum atomic E-state index is 15.1. The molecule has 2 saturated carbocycles. The van der Waals surface area contributed by atoms with Gasteiger partial charge in [0.1, 0.15) is 34.7 Å². The predicted octanol–water partition coefficient (Wildman–Crippen LogP) is 5.00. The second kappa shape index (κ2) is 14.5. The molecule has 3 N–H and O–H groups in total. The number of hydrogen-bond donors (Lipinski definition) is 3. The molecule has 14 nitrogen and oxygen atoms in total. The Labute approximate surface area is 328 Å². The third kappa shape index (κ3) is 7.08. The molecule has 2 aromatic rings. The number of nitrogens with one attached hydrogen (secondary N) is 2. The molecule has 0 unspecified atom stereocenters. The van der Waals surface area contributed by atoms with Crippen LogP contribution in [0.2, 0.25) is 0 Å². The molecule has 304 valence electrons. The van der Waals surface area contributed by atoms with Crippen LogP contribution in [0.15, 0.2) is 30.4 Å². The Hall–Kier alpha value is -4.40. The highest BCUT2D eigenvalue weighted by atomic mass is 32.2. The van der Waals surface area contributed by atoms with Gasteiger partial charge in [0.2, 0.25) is 21.8 Å². The van der Waals surface area contributed by atoms with Gasteiger partial charge in [-0.05, 0) is 96.3 Å². The van der Waals surface area contributed by atoms with Gasteiger partial charge in [0, 0.05) is 29.3 Å². The summed E-state index contributed by atoms with van der Waals surface area (Å²) in [5.41, 5.74) is -0.161. The topological polar surface area (TPSA) is 185 Å². The van der Waals surface area contributed by atoms with Crippen LogP contribution >= 0.6 is 0 Å². The number of carbonyl (C=O) groups is 4. The van der Waals surface area contributed by atoms with Crippen molar-refractivity contribution in [3.05, 3.63) is 41.6 Å². The number of carbonyl (C=O) groups excluding carboxylic acids is 3. The fourth-order valence-corrected chi connectivity index (χ4v) is 10.1. The summed E-state index contributed by atoms with van der Waals surface area (Å²) < 4.78 is 40.1. The van der Waals surface area contributed by atoms with Crippen molar-refractivity contribution in [2.24, 2.45) is 11.8 Å². The minimum Gasteiger partial charge on any atom is -0.497 e. The monoisotopic (exact) mass is 793 g/mol. The summed E-state index contributed by atoms with van der Waals surface area (Å²) in [6.45, 7) is 9.08. The van der Waals surface area contributed by atoms with Gasteiger partial charge < -0.3 is 24.8 Å².